The molecule has 1 saturated heterocycles. The predicted octanol–water partition coefficient (Wildman–Crippen LogP) is 1.87. The van der Waals surface area contributed by atoms with Crippen LogP contribution in [0.2, 0.25) is 0 Å². The number of hydrogen-bond donors (Lipinski definition) is 1. The molecule has 1 N–H and O–H groups in total. The lowest BCUT2D eigenvalue weighted by Gasteiger charge is -2.26. The van der Waals surface area contributed by atoms with E-state index >= 15 is 0 Å². The fraction of sp³-hybridized carbons (Fsp3) is 0.333. The Kier molecular flexibility index (Phi) is 5.47. The van der Waals surface area contributed by atoms with Crippen LogP contribution in [0, 0.1) is 0 Å². The third-order valence-corrected chi connectivity index (χ3v) is 5.11. The van der Waals surface area contributed by atoms with E-state index in [1.165, 1.54) is 0 Å². The van der Waals surface area contributed by atoms with Gasteiger partial charge in [-0.1, -0.05) is 23.4 Å². The molecule has 4 aromatic rings. The maximum atomic E-state index is 5.42. The van der Waals surface area contributed by atoms with Gasteiger partial charge in [-0.15, -0.1) is 0 Å². The number of morpholine rings is 1. The number of aromatic nitrogens is 5. The monoisotopic (exact) mass is 405 g/mol. The molecule has 0 aliphatic carbocycles. The summed E-state index contributed by atoms with van der Waals surface area (Å²) in [6.07, 6.45) is 3.65. The Morgan fingerprint density at radius 1 is 1.03 bits per heavy atom. The highest BCUT2D eigenvalue weighted by atomic mass is 16.5. The lowest BCUT2D eigenvalue weighted by molar-refractivity contribution is 0.0383. The normalized spacial score (nSPS) is 15.1. The van der Waals surface area contributed by atoms with Gasteiger partial charge in [-0.2, -0.15) is 10.1 Å². The molecule has 1 aromatic carbocycles. The van der Waals surface area contributed by atoms with Gasteiger partial charge in [-0.05, 0) is 18.2 Å². The quantitative estimate of drug-likeness (QED) is 0.466. The van der Waals surface area contributed by atoms with Crippen molar-refractivity contribution in [3.05, 3.63) is 54.7 Å². The highest BCUT2D eigenvalue weighted by molar-refractivity contribution is 5.69. The molecule has 0 amide bonds. The molecule has 9 heteroatoms. The molecule has 4 heterocycles. The summed E-state index contributed by atoms with van der Waals surface area (Å²) in [4.78, 5) is 11.5. The van der Waals surface area contributed by atoms with Crippen LogP contribution >= 0.6 is 0 Å². The summed E-state index contributed by atoms with van der Waals surface area (Å²) in [5, 5.41) is 11.8. The lowest BCUT2D eigenvalue weighted by atomic mass is 10.1. The largest absolute Gasteiger partial charge is 0.379 e. The molecule has 0 unspecified atom stereocenters. The first kappa shape index (κ1) is 18.9. The predicted molar refractivity (Wildman–Crippen MR) is 111 cm³/mol. The number of nitrogens with zero attached hydrogens (tertiary/aromatic N) is 6. The minimum absolute atomic E-state index is 0.551. The molecule has 5 rings (SSSR count). The summed E-state index contributed by atoms with van der Waals surface area (Å²) in [5.74, 6) is 1.15. The standard InChI is InChI=1S/C21H23N7O2/c1-3-16(18-15-28-19(24-18)5-2-6-23-28)13-17(4-1)21-25-20(30-26-21)14-22-7-8-27-9-11-29-12-10-27/h1-6,13,15,22H,7-12,14H2. The van der Waals surface area contributed by atoms with Crippen molar-refractivity contribution in [3.8, 4) is 22.6 Å². The van der Waals surface area contributed by atoms with Crippen LogP contribution in [0.5, 0.6) is 0 Å². The highest BCUT2D eigenvalue weighted by Gasteiger charge is 2.12. The summed E-state index contributed by atoms with van der Waals surface area (Å²) >= 11 is 0. The van der Waals surface area contributed by atoms with E-state index < -0.39 is 0 Å². The van der Waals surface area contributed by atoms with E-state index in [9.17, 15) is 0 Å². The molecule has 30 heavy (non-hydrogen) atoms. The zero-order valence-corrected chi connectivity index (χ0v) is 16.6. The molecule has 154 valence electrons. The Morgan fingerprint density at radius 3 is 2.83 bits per heavy atom. The van der Waals surface area contributed by atoms with E-state index in [0.717, 1.165) is 61.9 Å². The summed E-state index contributed by atoms with van der Waals surface area (Å²) in [6, 6.07) is 11.8. The molecule has 9 nitrogen and oxygen atoms in total. The molecule has 3 aromatic heterocycles. The summed E-state index contributed by atoms with van der Waals surface area (Å²) in [7, 11) is 0. The van der Waals surface area contributed by atoms with Gasteiger partial charge < -0.3 is 14.6 Å². The van der Waals surface area contributed by atoms with Gasteiger partial charge in [-0.3, -0.25) is 4.90 Å². The summed E-state index contributed by atoms with van der Waals surface area (Å²) in [6.45, 7) is 6.02. The first-order valence-corrected chi connectivity index (χ1v) is 10.1. The van der Waals surface area contributed by atoms with Gasteiger partial charge in [0.2, 0.25) is 11.7 Å². The second-order valence-corrected chi connectivity index (χ2v) is 7.18. The lowest BCUT2D eigenvalue weighted by Crippen LogP contribution is -2.40. The van der Waals surface area contributed by atoms with Crippen LogP contribution in [-0.2, 0) is 11.3 Å². The Bertz CT molecular complexity index is 1080. The van der Waals surface area contributed by atoms with Gasteiger partial charge in [0.25, 0.3) is 0 Å². The third-order valence-electron chi connectivity index (χ3n) is 5.11. The van der Waals surface area contributed by atoms with Gasteiger partial charge in [0.05, 0.1) is 31.6 Å². The molecule has 0 saturated carbocycles. The number of rotatable bonds is 7. The van der Waals surface area contributed by atoms with Gasteiger partial charge in [-0.25, -0.2) is 9.50 Å². The van der Waals surface area contributed by atoms with Gasteiger partial charge >= 0.3 is 0 Å². The summed E-state index contributed by atoms with van der Waals surface area (Å²) in [5.41, 5.74) is 3.53. The van der Waals surface area contributed by atoms with Crippen molar-refractivity contribution in [1.29, 1.82) is 0 Å². The van der Waals surface area contributed by atoms with Crippen LogP contribution in [-0.4, -0.2) is 69.0 Å². The van der Waals surface area contributed by atoms with Crippen LogP contribution in [0.15, 0.2) is 53.3 Å². The number of hydrogen-bond acceptors (Lipinski definition) is 8. The number of ether oxygens (including phenoxy) is 1. The smallest absolute Gasteiger partial charge is 0.240 e. The molecule has 0 bridgehead atoms. The first-order chi connectivity index (χ1) is 14.8. The Morgan fingerprint density at radius 2 is 1.93 bits per heavy atom. The van der Waals surface area contributed by atoms with Crippen molar-refractivity contribution in [2.75, 3.05) is 39.4 Å². The maximum Gasteiger partial charge on any atom is 0.240 e. The molecule has 0 atom stereocenters. The minimum atomic E-state index is 0.551. The fourth-order valence-electron chi connectivity index (χ4n) is 3.49. The molecule has 1 fully saturated rings. The summed E-state index contributed by atoms with van der Waals surface area (Å²) < 4.78 is 12.5. The van der Waals surface area contributed by atoms with Crippen LogP contribution in [0.4, 0.5) is 0 Å². The SMILES string of the molecule is c1cc(-c2cn3ncccc3n2)cc(-c2noc(CNCCN3CCOCC3)n2)c1. The van der Waals surface area contributed by atoms with Crippen molar-refractivity contribution in [2.45, 2.75) is 6.54 Å². The van der Waals surface area contributed by atoms with Crippen molar-refractivity contribution >= 4 is 5.65 Å². The van der Waals surface area contributed by atoms with E-state index in [-0.39, 0.29) is 0 Å². The van der Waals surface area contributed by atoms with E-state index in [1.807, 2.05) is 42.6 Å². The van der Waals surface area contributed by atoms with Crippen molar-refractivity contribution in [1.82, 2.24) is 35.0 Å². The molecule has 1 aliphatic heterocycles. The Balaban J connectivity index is 1.23. The van der Waals surface area contributed by atoms with Crippen LogP contribution in [0.25, 0.3) is 28.3 Å². The molecule has 0 radical (unpaired) electrons. The van der Waals surface area contributed by atoms with E-state index in [2.05, 4.69) is 30.4 Å². The maximum absolute atomic E-state index is 5.42. The Hall–Kier alpha value is -3.14. The number of nitrogens with one attached hydrogen (secondary N) is 1. The van der Waals surface area contributed by atoms with Crippen molar-refractivity contribution in [2.24, 2.45) is 0 Å². The van der Waals surface area contributed by atoms with Crippen molar-refractivity contribution < 1.29 is 9.26 Å². The van der Waals surface area contributed by atoms with Crippen molar-refractivity contribution in [3.63, 3.8) is 0 Å². The topological polar surface area (TPSA) is 93.6 Å². The van der Waals surface area contributed by atoms with Crippen LogP contribution in [0.3, 0.4) is 0 Å². The van der Waals surface area contributed by atoms with Crippen LogP contribution in [0.1, 0.15) is 5.89 Å². The van der Waals surface area contributed by atoms with Gasteiger partial charge in [0, 0.05) is 43.5 Å². The zero-order chi connectivity index (χ0) is 20.2. The molecule has 1 aliphatic rings. The van der Waals surface area contributed by atoms with Gasteiger partial charge in [0.15, 0.2) is 5.65 Å². The van der Waals surface area contributed by atoms with Gasteiger partial charge in [0.1, 0.15) is 0 Å². The second-order valence-electron chi connectivity index (χ2n) is 7.18. The van der Waals surface area contributed by atoms with E-state index in [0.29, 0.717) is 18.3 Å². The number of imidazole rings is 1. The average Bonchev–Trinajstić information content (AvgIpc) is 3.45. The number of benzene rings is 1. The molecule has 0 spiro atoms. The second kappa shape index (κ2) is 8.70. The first-order valence-electron chi connectivity index (χ1n) is 10.1. The molecular formula is C21H23N7O2. The average molecular weight is 405 g/mol. The van der Waals surface area contributed by atoms with E-state index in [1.54, 1.807) is 10.7 Å². The van der Waals surface area contributed by atoms with Crippen LogP contribution < -0.4 is 5.32 Å². The van der Waals surface area contributed by atoms with E-state index in [4.69, 9.17) is 9.26 Å². The minimum Gasteiger partial charge on any atom is -0.379 e. The fourth-order valence-corrected chi connectivity index (χ4v) is 3.49. The number of fused-ring (bicyclic) bond motifs is 1. The zero-order valence-electron chi connectivity index (χ0n) is 16.6. The highest BCUT2D eigenvalue weighted by Crippen LogP contribution is 2.24. The third kappa shape index (κ3) is 4.23. The Labute approximate surface area is 173 Å². The molecular weight excluding hydrogens is 382 g/mol.